The third-order valence-corrected chi connectivity index (χ3v) is 3.83. The monoisotopic (exact) mass is 360 g/mol. The Bertz CT molecular complexity index is 762. The number of anilines is 1. The van der Waals surface area contributed by atoms with Crippen LogP contribution in [0.2, 0.25) is 5.02 Å². The largest absolute Gasteiger partial charge is 0.329 e. The van der Waals surface area contributed by atoms with Gasteiger partial charge < -0.3 is 4.90 Å². The maximum atomic E-state index is 12.5. The normalized spacial score (nSPS) is 12.8. The molecule has 1 aromatic heterocycles. The number of nitrogens with zero attached hydrogens (tertiary/aromatic N) is 3. The Balaban J connectivity index is 0.00000109. The Kier molecular flexibility index (Phi) is 6.47. The molecular formula is C18H21ClN4O2. The van der Waals surface area contributed by atoms with Crippen LogP contribution < -0.4 is 5.32 Å². The maximum absolute atomic E-state index is 12.5. The predicted molar refractivity (Wildman–Crippen MR) is 97.8 cm³/mol. The zero-order chi connectivity index (χ0) is 18.4. The van der Waals surface area contributed by atoms with Crippen LogP contribution in [-0.2, 0) is 11.2 Å². The summed E-state index contributed by atoms with van der Waals surface area (Å²) in [4.78, 5) is 33.8. The maximum Gasteiger partial charge on any atom is 0.254 e. The van der Waals surface area contributed by atoms with Gasteiger partial charge in [0, 0.05) is 12.1 Å². The average Bonchev–Trinajstić information content (AvgIpc) is 2.61. The van der Waals surface area contributed by atoms with Gasteiger partial charge in [0.2, 0.25) is 11.9 Å². The molecule has 0 spiro atoms. The molecule has 1 N–H and O–H groups in total. The van der Waals surface area contributed by atoms with Crippen LogP contribution >= 0.6 is 11.6 Å². The van der Waals surface area contributed by atoms with E-state index in [0.29, 0.717) is 17.1 Å². The minimum absolute atomic E-state index is 0.0296. The van der Waals surface area contributed by atoms with Crippen molar-refractivity contribution >= 4 is 29.4 Å². The average molecular weight is 361 g/mol. The smallest absolute Gasteiger partial charge is 0.254 e. The van der Waals surface area contributed by atoms with Gasteiger partial charge in [0.25, 0.3) is 5.91 Å². The van der Waals surface area contributed by atoms with E-state index in [9.17, 15) is 9.59 Å². The van der Waals surface area contributed by atoms with Crippen LogP contribution in [0, 0.1) is 6.92 Å². The first-order valence-electron chi connectivity index (χ1n) is 8.19. The molecule has 1 aromatic carbocycles. The van der Waals surface area contributed by atoms with Crippen molar-refractivity contribution in [2.75, 3.05) is 18.4 Å². The van der Waals surface area contributed by atoms with E-state index in [-0.39, 0.29) is 24.3 Å². The lowest BCUT2D eigenvalue weighted by molar-refractivity contribution is -0.117. The van der Waals surface area contributed by atoms with Gasteiger partial charge in [0.15, 0.2) is 0 Å². The van der Waals surface area contributed by atoms with Crippen molar-refractivity contribution in [2.45, 2.75) is 27.2 Å². The number of aryl methyl sites for hydroxylation is 1. The molecule has 2 amide bonds. The van der Waals surface area contributed by atoms with Crippen LogP contribution in [0.3, 0.4) is 0 Å². The second kappa shape index (κ2) is 8.58. The summed E-state index contributed by atoms with van der Waals surface area (Å²) in [6.45, 7) is 6.49. The highest BCUT2D eigenvalue weighted by Gasteiger charge is 2.25. The minimum atomic E-state index is -0.337. The van der Waals surface area contributed by atoms with Crippen molar-refractivity contribution in [3.63, 3.8) is 0 Å². The van der Waals surface area contributed by atoms with Crippen LogP contribution in [0.25, 0.3) is 0 Å². The number of hydrogen-bond acceptors (Lipinski definition) is 4. The predicted octanol–water partition coefficient (Wildman–Crippen LogP) is 3.10. The number of amides is 2. The lowest BCUT2D eigenvalue weighted by Gasteiger charge is -2.28. The molecule has 25 heavy (non-hydrogen) atoms. The molecular weight excluding hydrogens is 340 g/mol. The van der Waals surface area contributed by atoms with Gasteiger partial charge in [-0.1, -0.05) is 43.1 Å². The third kappa shape index (κ3) is 4.76. The standard InChI is InChI=1S/C16H15ClN4O2.C2H6/c1-10-2-3-13-11(6-10)4-5-21(15(13)23)9-14(22)20-16-18-7-12(17)8-19-16;1-2/h2-3,6-8H,4-5,9H2,1H3,(H,18,19,20,22);1-2H3. The number of carbonyl (C=O) groups excluding carboxylic acids is 2. The van der Waals surface area contributed by atoms with E-state index in [0.717, 1.165) is 17.5 Å². The van der Waals surface area contributed by atoms with Crippen molar-refractivity contribution in [2.24, 2.45) is 0 Å². The first kappa shape index (κ1) is 18.9. The summed E-state index contributed by atoms with van der Waals surface area (Å²) < 4.78 is 0. The van der Waals surface area contributed by atoms with Crippen molar-refractivity contribution in [1.82, 2.24) is 14.9 Å². The quantitative estimate of drug-likeness (QED) is 0.912. The fourth-order valence-electron chi connectivity index (χ4n) is 2.53. The summed E-state index contributed by atoms with van der Waals surface area (Å²) in [5.41, 5.74) is 2.83. The highest BCUT2D eigenvalue weighted by atomic mass is 35.5. The van der Waals surface area contributed by atoms with E-state index in [1.165, 1.54) is 17.3 Å². The highest BCUT2D eigenvalue weighted by Crippen LogP contribution is 2.20. The molecule has 0 aliphatic carbocycles. The molecule has 1 aliphatic heterocycles. The summed E-state index contributed by atoms with van der Waals surface area (Å²) in [7, 11) is 0. The van der Waals surface area contributed by atoms with E-state index >= 15 is 0 Å². The van der Waals surface area contributed by atoms with Gasteiger partial charge in [-0.2, -0.15) is 0 Å². The first-order valence-corrected chi connectivity index (χ1v) is 8.57. The fourth-order valence-corrected chi connectivity index (χ4v) is 2.63. The molecule has 0 atom stereocenters. The van der Waals surface area contributed by atoms with Gasteiger partial charge in [0.1, 0.15) is 6.54 Å². The number of rotatable bonds is 3. The Morgan fingerprint density at radius 2 is 1.96 bits per heavy atom. The Labute approximate surface area is 152 Å². The van der Waals surface area contributed by atoms with Crippen molar-refractivity contribution in [3.05, 3.63) is 52.3 Å². The molecule has 0 bridgehead atoms. The van der Waals surface area contributed by atoms with Gasteiger partial charge in [-0.15, -0.1) is 0 Å². The number of nitrogens with one attached hydrogen (secondary N) is 1. The Morgan fingerprint density at radius 1 is 1.28 bits per heavy atom. The number of benzene rings is 1. The van der Waals surface area contributed by atoms with E-state index in [2.05, 4.69) is 15.3 Å². The molecule has 132 valence electrons. The Hall–Kier alpha value is -2.47. The van der Waals surface area contributed by atoms with Crippen LogP contribution in [-0.4, -0.2) is 39.8 Å². The molecule has 7 heteroatoms. The summed E-state index contributed by atoms with van der Waals surface area (Å²) >= 11 is 5.69. The second-order valence-corrected chi connectivity index (χ2v) is 5.85. The van der Waals surface area contributed by atoms with Crippen molar-refractivity contribution in [3.8, 4) is 0 Å². The van der Waals surface area contributed by atoms with E-state index in [1.54, 1.807) is 0 Å². The van der Waals surface area contributed by atoms with Crippen LogP contribution in [0.4, 0.5) is 5.95 Å². The van der Waals surface area contributed by atoms with E-state index < -0.39 is 0 Å². The number of carbonyl (C=O) groups is 2. The molecule has 0 saturated heterocycles. The van der Waals surface area contributed by atoms with Crippen LogP contribution in [0.5, 0.6) is 0 Å². The molecule has 6 nitrogen and oxygen atoms in total. The zero-order valence-electron chi connectivity index (χ0n) is 14.5. The van der Waals surface area contributed by atoms with E-state index in [1.807, 2.05) is 39.0 Å². The number of hydrogen-bond donors (Lipinski definition) is 1. The van der Waals surface area contributed by atoms with Gasteiger partial charge >= 0.3 is 0 Å². The lowest BCUT2D eigenvalue weighted by Crippen LogP contribution is -2.42. The second-order valence-electron chi connectivity index (χ2n) is 5.41. The molecule has 0 unspecified atom stereocenters. The summed E-state index contributed by atoms with van der Waals surface area (Å²) in [6, 6.07) is 5.74. The third-order valence-electron chi connectivity index (χ3n) is 3.64. The summed E-state index contributed by atoms with van der Waals surface area (Å²) in [5, 5.41) is 2.95. The molecule has 0 saturated carbocycles. The number of fused-ring (bicyclic) bond motifs is 1. The highest BCUT2D eigenvalue weighted by molar-refractivity contribution is 6.30. The van der Waals surface area contributed by atoms with Gasteiger partial charge in [-0.3, -0.25) is 14.9 Å². The molecule has 3 rings (SSSR count). The van der Waals surface area contributed by atoms with Crippen molar-refractivity contribution in [1.29, 1.82) is 0 Å². The molecule has 2 heterocycles. The first-order chi connectivity index (χ1) is 12.0. The van der Waals surface area contributed by atoms with E-state index in [4.69, 9.17) is 11.6 Å². The van der Waals surface area contributed by atoms with Crippen LogP contribution in [0.1, 0.15) is 35.3 Å². The molecule has 0 fully saturated rings. The molecule has 0 radical (unpaired) electrons. The summed E-state index contributed by atoms with van der Waals surface area (Å²) in [5.74, 6) is -0.297. The van der Waals surface area contributed by atoms with Gasteiger partial charge in [-0.05, 0) is 25.0 Å². The fraction of sp³-hybridized carbons (Fsp3) is 0.333. The minimum Gasteiger partial charge on any atom is -0.329 e. The molecule has 2 aromatic rings. The molecule has 1 aliphatic rings. The van der Waals surface area contributed by atoms with Gasteiger partial charge in [-0.25, -0.2) is 9.97 Å². The Morgan fingerprint density at radius 3 is 2.64 bits per heavy atom. The van der Waals surface area contributed by atoms with Crippen molar-refractivity contribution < 1.29 is 9.59 Å². The number of aromatic nitrogens is 2. The summed E-state index contributed by atoms with van der Waals surface area (Å²) in [6.07, 6.45) is 3.54. The van der Waals surface area contributed by atoms with Crippen LogP contribution in [0.15, 0.2) is 30.6 Å². The lowest BCUT2D eigenvalue weighted by atomic mass is 9.97. The van der Waals surface area contributed by atoms with Gasteiger partial charge in [0.05, 0.1) is 17.4 Å². The SMILES string of the molecule is CC.Cc1ccc2c(c1)CCN(CC(=O)Nc1ncc(Cl)cn1)C2=O. The number of halogens is 1. The topological polar surface area (TPSA) is 75.2 Å². The zero-order valence-corrected chi connectivity index (χ0v) is 15.3.